The van der Waals surface area contributed by atoms with Crippen LogP contribution in [0.4, 0.5) is 0 Å². The normalized spacial score (nSPS) is 24.5. The minimum absolute atomic E-state index is 0.376. The maximum absolute atomic E-state index is 5.56. The molecule has 0 atom stereocenters. The van der Waals surface area contributed by atoms with Crippen LogP contribution in [0.2, 0.25) is 0 Å². The van der Waals surface area contributed by atoms with Crippen molar-refractivity contribution in [2.45, 2.75) is 32.5 Å². The largest absolute Gasteiger partial charge is 0.377 e. The summed E-state index contributed by atoms with van der Waals surface area (Å²) in [7, 11) is 0. The van der Waals surface area contributed by atoms with Gasteiger partial charge >= 0.3 is 0 Å². The second-order valence-electron chi connectivity index (χ2n) is 3.19. The van der Waals surface area contributed by atoms with E-state index in [0.29, 0.717) is 26.4 Å². The van der Waals surface area contributed by atoms with Gasteiger partial charge in [-0.2, -0.15) is 0 Å². The highest BCUT2D eigenvalue weighted by molar-refractivity contribution is 4.63. The second-order valence-corrected chi connectivity index (χ2v) is 3.19. The van der Waals surface area contributed by atoms with Crippen molar-refractivity contribution in [3.05, 3.63) is 0 Å². The van der Waals surface area contributed by atoms with Gasteiger partial charge in [-0.3, -0.25) is 0 Å². The van der Waals surface area contributed by atoms with Crippen LogP contribution >= 0.6 is 0 Å². The third-order valence-electron chi connectivity index (χ3n) is 1.97. The average Bonchev–Trinajstić information content (AvgIpc) is 1.99. The minimum atomic E-state index is -0.376. The van der Waals surface area contributed by atoms with Crippen molar-refractivity contribution in [1.29, 1.82) is 0 Å². The lowest BCUT2D eigenvalue weighted by Crippen LogP contribution is -2.36. The van der Waals surface area contributed by atoms with Gasteiger partial charge in [0.25, 0.3) is 0 Å². The summed E-state index contributed by atoms with van der Waals surface area (Å²) in [5, 5.41) is 0. The van der Waals surface area contributed by atoms with Crippen LogP contribution in [0.1, 0.15) is 26.7 Å². The molecule has 1 saturated heterocycles. The van der Waals surface area contributed by atoms with E-state index in [-0.39, 0.29) is 5.79 Å². The van der Waals surface area contributed by atoms with Gasteiger partial charge < -0.3 is 14.2 Å². The summed E-state index contributed by atoms with van der Waals surface area (Å²) >= 11 is 0. The van der Waals surface area contributed by atoms with Crippen molar-refractivity contribution in [2.24, 2.45) is 0 Å². The Morgan fingerprint density at radius 2 is 1.67 bits per heavy atom. The van der Waals surface area contributed by atoms with Gasteiger partial charge in [0.1, 0.15) is 0 Å². The molecular formula is C9H18O3. The SMILES string of the molecule is CCCC1(C)OCCOCCO1. The second kappa shape index (κ2) is 4.80. The molecule has 0 spiro atoms. The van der Waals surface area contributed by atoms with Crippen molar-refractivity contribution in [1.82, 2.24) is 0 Å². The molecule has 0 unspecified atom stereocenters. The van der Waals surface area contributed by atoms with Gasteiger partial charge in [0, 0.05) is 6.42 Å². The molecule has 3 nitrogen and oxygen atoms in total. The standard InChI is InChI=1S/C9H18O3/c1-3-4-9(2)11-7-5-10-6-8-12-9/h3-8H2,1-2H3. The molecule has 0 N–H and O–H groups in total. The summed E-state index contributed by atoms with van der Waals surface area (Å²) in [4.78, 5) is 0. The van der Waals surface area contributed by atoms with E-state index in [1.807, 2.05) is 6.92 Å². The van der Waals surface area contributed by atoms with Gasteiger partial charge in [0.15, 0.2) is 5.79 Å². The molecule has 1 aliphatic rings. The monoisotopic (exact) mass is 174 g/mol. The minimum Gasteiger partial charge on any atom is -0.377 e. The summed E-state index contributed by atoms with van der Waals surface area (Å²) in [6.07, 6.45) is 2.03. The lowest BCUT2D eigenvalue weighted by molar-refractivity contribution is -0.252. The lowest BCUT2D eigenvalue weighted by atomic mass is 10.2. The zero-order valence-electron chi connectivity index (χ0n) is 7.97. The van der Waals surface area contributed by atoms with E-state index < -0.39 is 0 Å². The summed E-state index contributed by atoms with van der Waals surface area (Å²) in [6.45, 7) is 6.77. The van der Waals surface area contributed by atoms with Gasteiger partial charge in [0.05, 0.1) is 26.4 Å². The van der Waals surface area contributed by atoms with Crippen molar-refractivity contribution >= 4 is 0 Å². The lowest BCUT2D eigenvalue weighted by Gasteiger charge is -2.31. The van der Waals surface area contributed by atoms with Crippen LogP contribution in [0.5, 0.6) is 0 Å². The zero-order chi connectivity index (χ0) is 8.86. The molecule has 0 amide bonds. The molecule has 0 aromatic heterocycles. The molecule has 0 aromatic rings. The van der Waals surface area contributed by atoms with Crippen LogP contribution in [0.15, 0.2) is 0 Å². The maximum atomic E-state index is 5.56. The molecule has 1 aliphatic heterocycles. The van der Waals surface area contributed by atoms with Crippen LogP contribution in [0.25, 0.3) is 0 Å². The first-order chi connectivity index (χ1) is 5.77. The molecule has 1 fully saturated rings. The smallest absolute Gasteiger partial charge is 0.165 e. The highest BCUT2D eigenvalue weighted by atomic mass is 16.7. The van der Waals surface area contributed by atoms with Gasteiger partial charge in [-0.1, -0.05) is 13.3 Å². The van der Waals surface area contributed by atoms with Crippen molar-refractivity contribution < 1.29 is 14.2 Å². The number of rotatable bonds is 2. The molecule has 1 rings (SSSR count). The van der Waals surface area contributed by atoms with Crippen molar-refractivity contribution in [3.8, 4) is 0 Å². The Labute approximate surface area is 74.0 Å². The summed E-state index contributed by atoms with van der Waals surface area (Å²) in [5.41, 5.74) is 0. The van der Waals surface area contributed by atoms with Crippen LogP contribution in [-0.4, -0.2) is 32.2 Å². The molecule has 0 bridgehead atoms. The van der Waals surface area contributed by atoms with Crippen molar-refractivity contribution in [3.63, 3.8) is 0 Å². The van der Waals surface area contributed by atoms with Gasteiger partial charge in [-0.25, -0.2) is 0 Å². The summed E-state index contributed by atoms with van der Waals surface area (Å²) in [6, 6.07) is 0. The molecule has 72 valence electrons. The Morgan fingerprint density at radius 1 is 1.08 bits per heavy atom. The molecule has 3 heteroatoms. The first-order valence-corrected chi connectivity index (χ1v) is 4.62. The Balaban J connectivity index is 2.36. The molecule has 0 radical (unpaired) electrons. The first-order valence-electron chi connectivity index (χ1n) is 4.62. The summed E-state index contributed by atoms with van der Waals surface area (Å²) in [5.74, 6) is -0.376. The predicted molar refractivity (Wildman–Crippen MR) is 46.0 cm³/mol. The Hall–Kier alpha value is -0.120. The topological polar surface area (TPSA) is 27.7 Å². The van der Waals surface area contributed by atoms with E-state index in [4.69, 9.17) is 14.2 Å². The Morgan fingerprint density at radius 3 is 2.17 bits per heavy atom. The van der Waals surface area contributed by atoms with Crippen LogP contribution < -0.4 is 0 Å². The first kappa shape index (κ1) is 9.96. The third-order valence-corrected chi connectivity index (χ3v) is 1.97. The fourth-order valence-electron chi connectivity index (χ4n) is 1.38. The fourth-order valence-corrected chi connectivity index (χ4v) is 1.38. The van der Waals surface area contributed by atoms with E-state index in [9.17, 15) is 0 Å². The maximum Gasteiger partial charge on any atom is 0.165 e. The highest BCUT2D eigenvalue weighted by Gasteiger charge is 2.25. The number of hydrogen-bond donors (Lipinski definition) is 0. The van der Waals surface area contributed by atoms with E-state index in [0.717, 1.165) is 12.8 Å². The third kappa shape index (κ3) is 3.09. The van der Waals surface area contributed by atoms with Crippen LogP contribution in [0.3, 0.4) is 0 Å². The average molecular weight is 174 g/mol. The van der Waals surface area contributed by atoms with Gasteiger partial charge in [-0.05, 0) is 6.92 Å². The van der Waals surface area contributed by atoms with E-state index in [1.54, 1.807) is 0 Å². The molecule has 0 saturated carbocycles. The quantitative estimate of drug-likeness (QED) is 0.636. The molecule has 12 heavy (non-hydrogen) atoms. The Bertz CT molecular complexity index is 117. The highest BCUT2D eigenvalue weighted by Crippen LogP contribution is 2.20. The van der Waals surface area contributed by atoms with E-state index >= 15 is 0 Å². The summed E-state index contributed by atoms with van der Waals surface area (Å²) < 4.78 is 16.3. The van der Waals surface area contributed by atoms with Crippen LogP contribution in [-0.2, 0) is 14.2 Å². The number of ether oxygens (including phenoxy) is 3. The molecular weight excluding hydrogens is 156 g/mol. The van der Waals surface area contributed by atoms with Gasteiger partial charge in [0.2, 0.25) is 0 Å². The van der Waals surface area contributed by atoms with E-state index in [1.165, 1.54) is 0 Å². The molecule has 0 aliphatic carbocycles. The fraction of sp³-hybridized carbons (Fsp3) is 1.00. The van der Waals surface area contributed by atoms with E-state index in [2.05, 4.69) is 6.92 Å². The number of hydrogen-bond acceptors (Lipinski definition) is 3. The molecule has 0 aromatic carbocycles. The van der Waals surface area contributed by atoms with Crippen molar-refractivity contribution in [2.75, 3.05) is 26.4 Å². The zero-order valence-corrected chi connectivity index (χ0v) is 7.97. The Kier molecular flexibility index (Phi) is 3.98. The molecule has 1 heterocycles. The van der Waals surface area contributed by atoms with Gasteiger partial charge in [-0.15, -0.1) is 0 Å². The predicted octanol–water partition coefficient (Wildman–Crippen LogP) is 1.57. The van der Waals surface area contributed by atoms with Crippen LogP contribution in [0, 0.1) is 0 Å².